The highest BCUT2D eigenvalue weighted by atomic mass is 32.2. The summed E-state index contributed by atoms with van der Waals surface area (Å²) < 4.78 is 28.9. The van der Waals surface area contributed by atoms with Gasteiger partial charge in [0.15, 0.2) is 0 Å². The van der Waals surface area contributed by atoms with Crippen LogP contribution in [0.2, 0.25) is 0 Å². The van der Waals surface area contributed by atoms with E-state index < -0.39 is 10.0 Å². The molecule has 3 aromatic carbocycles. The van der Waals surface area contributed by atoms with Crippen molar-refractivity contribution >= 4 is 32.2 Å². The lowest BCUT2D eigenvalue weighted by Crippen LogP contribution is -2.53. The van der Waals surface area contributed by atoms with Crippen molar-refractivity contribution in [3.63, 3.8) is 0 Å². The Morgan fingerprint density at radius 3 is 2.23 bits per heavy atom. The molecule has 1 atom stereocenters. The van der Waals surface area contributed by atoms with Crippen LogP contribution in [-0.4, -0.2) is 52.5 Å². The summed E-state index contributed by atoms with van der Waals surface area (Å²) in [7, 11) is 0.360. The van der Waals surface area contributed by atoms with E-state index in [-0.39, 0.29) is 6.04 Å². The first-order valence-electron chi connectivity index (χ1n) is 10.3. The molecule has 0 bridgehead atoms. The Labute approximate surface area is 179 Å². The molecule has 5 nitrogen and oxygen atoms in total. The number of aryl methyl sites for hydroxylation is 1. The molecule has 4 rings (SSSR count). The van der Waals surface area contributed by atoms with E-state index in [9.17, 15) is 8.42 Å². The lowest BCUT2D eigenvalue weighted by atomic mass is 10.1. The molecule has 1 aliphatic heterocycles. The third kappa shape index (κ3) is 3.66. The lowest BCUT2D eigenvalue weighted by Gasteiger charge is -2.40. The molecule has 3 aromatic rings. The molecule has 1 aliphatic rings. The predicted molar refractivity (Wildman–Crippen MR) is 125 cm³/mol. The van der Waals surface area contributed by atoms with Crippen LogP contribution in [0, 0.1) is 6.92 Å². The van der Waals surface area contributed by atoms with Crippen molar-refractivity contribution in [2.24, 2.45) is 0 Å². The van der Waals surface area contributed by atoms with Crippen molar-refractivity contribution in [1.29, 1.82) is 0 Å². The zero-order valence-electron chi connectivity index (χ0n) is 18.0. The van der Waals surface area contributed by atoms with E-state index in [1.807, 2.05) is 49.3 Å². The first kappa shape index (κ1) is 20.7. The molecular weight excluding hydrogens is 394 g/mol. The van der Waals surface area contributed by atoms with Gasteiger partial charge in [-0.25, -0.2) is 8.42 Å². The van der Waals surface area contributed by atoms with Crippen LogP contribution >= 0.6 is 0 Å². The summed E-state index contributed by atoms with van der Waals surface area (Å²) in [5, 5.41) is 1.73. The highest BCUT2D eigenvalue weighted by Crippen LogP contribution is 2.32. The molecule has 0 N–H and O–H groups in total. The molecular formula is C24H29N3O2S. The van der Waals surface area contributed by atoms with Crippen LogP contribution in [0.5, 0.6) is 0 Å². The molecule has 0 radical (unpaired) electrons. The molecule has 158 valence electrons. The minimum atomic E-state index is -3.59. The van der Waals surface area contributed by atoms with E-state index in [0.29, 0.717) is 24.5 Å². The summed E-state index contributed by atoms with van der Waals surface area (Å²) in [6, 6.07) is 19.9. The fraction of sp³-hybridized carbons (Fsp3) is 0.333. The molecule has 0 aliphatic carbocycles. The van der Waals surface area contributed by atoms with E-state index in [4.69, 9.17) is 0 Å². The maximum atomic E-state index is 13.6. The second-order valence-corrected chi connectivity index (χ2v) is 10.2. The third-order valence-corrected chi connectivity index (χ3v) is 7.84. The van der Waals surface area contributed by atoms with Crippen molar-refractivity contribution in [2.75, 3.05) is 43.5 Å². The van der Waals surface area contributed by atoms with Crippen molar-refractivity contribution in [3.05, 3.63) is 66.2 Å². The molecule has 30 heavy (non-hydrogen) atoms. The number of piperazine rings is 1. The van der Waals surface area contributed by atoms with Gasteiger partial charge < -0.3 is 9.80 Å². The van der Waals surface area contributed by atoms with Crippen LogP contribution in [0.4, 0.5) is 11.4 Å². The van der Waals surface area contributed by atoms with Gasteiger partial charge in [-0.05, 0) is 38.1 Å². The summed E-state index contributed by atoms with van der Waals surface area (Å²) in [5.41, 5.74) is 3.38. The monoisotopic (exact) mass is 423 g/mol. The van der Waals surface area contributed by atoms with Crippen LogP contribution in [0.1, 0.15) is 12.5 Å². The molecule has 0 spiro atoms. The number of hydrogen-bond acceptors (Lipinski definition) is 4. The molecule has 1 heterocycles. The zero-order chi connectivity index (χ0) is 21.5. The quantitative estimate of drug-likeness (QED) is 0.633. The van der Waals surface area contributed by atoms with Crippen LogP contribution in [0.3, 0.4) is 0 Å². The summed E-state index contributed by atoms with van der Waals surface area (Å²) >= 11 is 0. The Hall–Kier alpha value is -2.57. The summed E-state index contributed by atoms with van der Waals surface area (Å²) in [4.78, 5) is 4.69. The van der Waals surface area contributed by atoms with Gasteiger partial charge in [0.2, 0.25) is 10.0 Å². The van der Waals surface area contributed by atoms with Crippen molar-refractivity contribution < 1.29 is 8.42 Å². The van der Waals surface area contributed by atoms with Gasteiger partial charge in [0.25, 0.3) is 0 Å². The maximum Gasteiger partial charge on any atom is 0.243 e. The Morgan fingerprint density at radius 1 is 0.900 bits per heavy atom. The predicted octanol–water partition coefficient (Wildman–Crippen LogP) is 4.11. The highest BCUT2D eigenvalue weighted by molar-refractivity contribution is 7.89. The summed E-state index contributed by atoms with van der Waals surface area (Å²) in [6.45, 7) is 5.79. The van der Waals surface area contributed by atoms with Crippen LogP contribution in [-0.2, 0) is 10.0 Å². The molecule has 1 saturated heterocycles. The van der Waals surface area contributed by atoms with Gasteiger partial charge in [-0.15, -0.1) is 0 Å². The SMILES string of the molecule is Cc1ccc(N2CCN(S(=O)(=O)c3cccc4c(N(C)C)cccc34)CC2C)cc1. The van der Waals surface area contributed by atoms with E-state index in [1.54, 1.807) is 10.4 Å². The standard InChI is InChI=1S/C24H29N3O2S/c1-18-11-13-20(14-12-18)27-16-15-26(17-19(27)2)30(28,29)24-10-6-7-21-22(24)8-5-9-23(21)25(3)4/h5-14,19H,15-17H2,1-4H3. The van der Waals surface area contributed by atoms with Crippen molar-refractivity contribution in [2.45, 2.75) is 24.8 Å². The van der Waals surface area contributed by atoms with E-state index in [2.05, 4.69) is 43.0 Å². The van der Waals surface area contributed by atoms with Gasteiger partial charge >= 0.3 is 0 Å². The van der Waals surface area contributed by atoms with Crippen molar-refractivity contribution in [1.82, 2.24) is 4.31 Å². The number of rotatable bonds is 4. The van der Waals surface area contributed by atoms with E-state index in [0.717, 1.165) is 22.1 Å². The number of nitrogens with zero attached hydrogens (tertiary/aromatic N) is 3. The first-order valence-corrected chi connectivity index (χ1v) is 11.8. The number of benzene rings is 3. The van der Waals surface area contributed by atoms with Gasteiger partial charge in [-0.1, -0.05) is 42.0 Å². The van der Waals surface area contributed by atoms with Crippen LogP contribution < -0.4 is 9.80 Å². The Morgan fingerprint density at radius 2 is 1.57 bits per heavy atom. The Balaban J connectivity index is 1.65. The summed E-state index contributed by atoms with van der Waals surface area (Å²) in [5.74, 6) is 0. The highest BCUT2D eigenvalue weighted by Gasteiger charge is 2.33. The van der Waals surface area contributed by atoms with Gasteiger partial charge in [-0.2, -0.15) is 4.31 Å². The molecule has 1 unspecified atom stereocenters. The second kappa shape index (κ2) is 7.93. The largest absolute Gasteiger partial charge is 0.377 e. The third-order valence-electron chi connectivity index (χ3n) is 5.91. The van der Waals surface area contributed by atoms with Gasteiger partial charge in [0.1, 0.15) is 0 Å². The van der Waals surface area contributed by atoms with Gasteiger partial charge in [0.05, 0.1) is 4.90 Å². The topological polar surface area (TPSA) is 43.9 Å². The average molecular weight is 424 g/mol. The normalized spacial score (nSPS) is 18.0. The number of fused-ring (bicyclic) bond motifs is 1. The number of sulfonamides is 1. The maximum absolute atomic E-state index is 13.6. The number of hydrogen-bond donors (Lipinski definition) is 0. The molecule has 1 fully saturated rings. The van der Waals surface area contributed by atoms with Crippen molar-refractivity contribution in [3.8, 4) is 0 Å². The van der Waals surface area contributed by atoms with E-state index >= 15 is 0 Å². The average Bonchev–Trinajstić information content (AvgIpc) is 2.73. The van der Waals surface area contributed by atoms with Gasteiger partial charge in [-0.3, -0.25) is 0 Å². The zero-order valence-corrected chi connectivity index (χ0v) is 18.9. The minimum absolute atomic E-state index is 0.101. The Kier molecular flexibility index (Phi) is 5.47. The summed E-state index contributed by atoms with van der Waals surface area (Å²) in [6.07, 6.45) is 0. The Bertz CT molecular complexity index is 1160. The van der Waals surface area contributed by atoms with Crippen LogP contribution in [0.15, 0.2) is 65.6 Å². The van der Waals surface area contributed by atoms with Gasteiger partial charge in [0, 0.05) is 61.9 Å². The molecule has 0 amide bonds. The number of anilines is 2. The lowest BCUT2D eigenvalue weighted by molar-refractivity contribution is 0.343. The van der Waals surface area contributed by atoms with E-state index in [1.165, 1.54) is 5.56 Å². The fourth-order valence-corrected chi connectivity index (χ4v) is 6.00. The molecule has 0 aromatic heterocycles. The molecule has 0 saturated carbocycles. The smallest absolute Gasteiger partial charge is 0.243 e. The first-order chi connectivity index (χ1) is 14.3. The fourth-order valence-electron chi connectivity index (χ4n) is 4.28. The molecule has 6 heteroatoms. The minimum Gasteiger partial charge on any atom is -0.377 e. The second-order valence-electron chi connectivity index (χ2n) is 8.26. The van der Waals surface area contributed by atoms with Crippen LogP contribution in [0.25, 0.3) is 10.8 Å².